The van der Waals surface area contributed by atoms with Crippen LogP contribution in [0.1, 0.15) is 59.5 Å². The van der Waals surface area contributed by atoms with E-state index in [0.29, 0.717) is 35.8 Å². The van der Waals surface area contributed by atoms with Gasteiger partial charge in [-0.3, -0.25) is 14.4 Å². The van der Waals surface area contributed by atoms with Crippen molar-refractivity contribution in [3.63, 3.8) is 0 Å². The van der Waals surface area contributed by atoms with Gasteiger partial charge in [0.25, 0.3) is 5.91 Å². The van der Waals surface area contributed by atoms with Crippen LogP contribution in [0.2, 0.25) is 0 Å². The number of hydrogen-bond acceptors (Lipinski definition) is 7. The fraction of sp³-hybridized carbons (Fsp3) is 0.258. The molecule has 0 saturated heterocycles. The van der Waals surface area contributed by atoms with Gasteiger partial charge in [0.2, 0.25) is 18.2 Å². The van der Waals surface area contributed by atoms with Crippen molar-refractivity contribution in [3.05, 3.63) is 82.9 Å². The SMILES string of the molecule is CC.CCOC(=Nc1ccc(N(C)/C(C)=N\N(C)C=O)cc1)c1c(N)cc(C(F)(F)F)cc1C(=O)Nc1cccc(C(N)=O)c1. The third-order valence-corrected chi connectivity index (χ3v) is 6.05. The molecule has 0 aliphatic rings. The number of alkyl halides is 3. The number of nitrogens with one attached hydrogen (secondary N) is 1. The minimum Gasteiger partial charge on any atom is -0.477 e. The van der Waals surface area contributed by atoms with Crippen molar-refractivity contribution >= 4 is 52.7 Å². The van der Waals surface area contributed by atoms with Gasteiger partial charge in [-0.05, 0) is 68.4 Å². The summed E-state index contributed by atoms with van der Waals surface area (Å²) in [4.78, 5) is 42.0. The highest BCUT2D eigenvalue weighted by atomic mass is 19.4. The summed E-state index contributed by atoms with van der Waals surface area (Å²) in [6, 6.07) is 13.6. The summed E-state index contributed by atoms with van der Waals surface area (Å²) >= 11 is 0. The van der Waals surface area contributed by atoms with Gasteiger partial charge in [0.05, 0.1) is 29.0 Å². The van der Waals surface area contributed by atoms with Crippen molar-refractivity contribution in [2.45, 2.75) is 33.9 Å². The lowest BCUT2D eigenvalue weighted by Crippen LogP contribution is -2.26. The second kappa shape index (κ2) is 15.9. The number of amides is 3. The third-order valence-electron chi connectivity index (χ3n) is 6.05. The van der Waals surface area contributed by atoms with Gasteiger partial charge >= 0.3 is 6.18 Å². The molecule has 0 bridgehead atoms. The summed E-state index contributed by atoms with van der Waals surface area (Å²) in [6.07, 6.45) is -4.25. The number of anilines is 3. The first-order valence-electron chi connectivity index (χ1n) is 13.8. The fourth-order valence-corrected chi connectivity index (χ4v) is 3.87. The Labute approximate surface area is 259 Å². The Hall–Kier alpha value is -5.40. The van der Waals surface area contributed by atoms with Crippen LogP contribution in [0.5, 0.6) is 0 Å². The van der Waals surface area contributed by atoms with E-state index >= 15 is 0 Å². The second-order valence-corrected chi connectivity index (χ2v) is 9.14. The molecule has 240 valence electrons. The number of carbonyl (C=O) groups excluding carboxylic acids is 3. The highest BCUT2D eigenvalue weighted by Crippen LogP contribution is 2.34. The van der Waals surface area contributed by atoms with Crippen molar-refractivity contribution in [1.82, 2.24) is 5.01 Å². The van der Waals surface area contributed by atoms with E-state index in [1.807, 2.05) is 13.8 Å². The molecular weight excluding hydrogens is 591 g/mol. The number of primary amides is 1. The molecule has 3 rings (SSSR count). The zero-order valence-electron chi connectivity index (χ0n) is 25.8. The van der Waals surface area contributed by atoms with Crippen molar-refractivity contribution in [3.8, 4) is 0 Å². The molecule has 0 unspecified atom stereocenters. The van der Waals surface area contributed by atoms with Crippen LogP contribution in [0.25, 0.3) is 0 Å². The van der Waals surface area contributed by atoms with Crippen LogP contribution >= 0.6 is 0 Å². The third kappa shape index (κ3) is 9.55. The zero-order chi connectivity index (χ0) is 33.9. The first kappa shape index (κ1) is 35.8. The Balaban J connectivity index is 0.00000345. The van der Waals surface area contributed by atoms with E-state index < -0.39 is 29.1 Å². The quantitative estimate of drug-likeness (QED) is 0.0917. The molecule has 3 aromatic rings. The van der Waals surface area contributed by atoms with Crippen LogP contribution < -0.4 is 21.7 Å². The number of hydrazone groups is 1. The molecule has 11 nitrogen and oxygen atoms in total. The summed E-state index contributed by atoms with van der Waals surface area (Å²) < 4.78 is 46.9. The topological polar surface area (TPSA) is 156 Å². The molecule has 0 aliphatic carbocycles. The highest BCUT2D eigenvalue weighted by molar-refractivity contribution is 6.15. The smallest absolute Gasteiger partial charge is 0.416 e. The van der Waals surface area contributed by atoms with Gasteiger partial charge in [0.15, 0.2) is 0 Å². The number of amidine groups is 1. The number of carbonyl (C=O) groups is 3. The lowest BCUT2D eigenvalue weighted by atomic mass is 9.99. The number of benzene rings is 3. The first-order valence-corrected chi connectivity index (χ1v) is 13.8. The van der Waals surface area contributed by atoms with Gasteiger partial charge in [-0.25, -0.2) is 10.0 Å². The van der Waals surface area contributed by atoms with E-state index in [1.54, 1.807) is 50.1 Å². The van der Waals surface area contributed by atoms with Crippen molar-refractivity contribution in [2.24, 2.45) is 15.8 Å². The highest BCUT2D eigenvalue weighted by Gasteiger charge is 2.34. The Morgan fingerprint density at radius 2 is 1.69 bits per heavy atom. The molecule has 0 heterocycles. The van der Waals surface area contributed by atoms with E-state index in [4.69, 9.17) is 16.2 Å². The molecule has 0 fully saturated rings. The van der Waals surface area contributed by atoms with Crippen LogP contribution in [-0.2, 0) is 15.7 Å². The monoisotopic (exact) mass is 627 g/mol. The number of aliphatic imine (C=N–C) groups is 1. The molecule has 5 N–H and O–H groups in total. The van der Waals surface area contributed by atoms with E-state index in [0.717, 1.165) is 5.01 Å². The van der Waals surface area contributed by atoms with E-state index in [9.17, 15) is 27.6 Å². The summed E-state index contributed by atoms with van der Waals surface area (Å²) in [5.74, 6) is -1.36. The molecule has 0 aromatic heterocycles. The number of ether oxygens (including phenoxy) is 1. The van der Waals surface area contributed by atoms with Gasteiger partial charge in [-0.2, -0.15) is 18.3 Å². The standard InChI is InChI=1S/C29H30F3N7O4.C2H6/c1-5-43-28(36-20-9-11-22(12-10-20)39(4)17(2)37-38(3)16-40)25-23(14-19(15-24(25)33)29(30,31)32)27(42)35-21-8-6-7-18(13-21)26(34)41;1-2/h6-16H,5,33H2,1-4H3,(H2,34,41)(H,35,42);1-2H3/b36-28?,37-17-;. The summed E-state index contributed by atoms with van der Waals surface area (Å²) in [6.45, 7) is 7.41. The molecule has 0 radical (unpaired) electrons. The van der Waals surface area contributed by atoms with Crippen LogP contribution in [0.15, 0.2) is 70.8 Å². The number of nitrogen functional groups attached to an aromatic ring is 1. The van der Waals surface area contributed by atoms with Gasteiger partial charge < -0.3 is 26.4 Å². The van der Waals surface area contributed by atoms with Gasteiger partial charge in [-0.1, -0.05) is 19.9 Å². The predicted octanol–water partition coefficient (Wildman–Crippen LogP) is 5.64. The molecule has 3 amide bonds. The lowest BCUT2D eigenvalue weighted by molar-refractivity contribution is -0.137. The predicted molar refractivity (Wildman–Crippen MR) is 170 cm³/mol. The molecular formula is C31H36F3N7O4. The molecule has 0 spiro atoms. The maximum Gasteiger partial charge on any atom is 0.416 e. The minimum absolute atomic E-state index is 0.0573. The second-order valence-electron chi connectivity index (χ2n) is 9.14. The fourth-order valence-electron chi connectivity index (χ4n) is 3.87. The summed E-state index contributed by atoms with van der Waals surface area (Å²) in [5, 5.41) is 7.72. The Morgan fingerprint density at radius 3 is 2.24 bits per heavy atom. The number of nitrogens with two attached hydrogens (primary N) is 2. The minimum atomic E-state index is -4.81. The number of rotatable bonds is 9. The average molecular weight is 628 g/mol. The molecule has 0 saturated carbocycles. The molecule has 0 atom stereocenters. The van der Waals surface area contributed by atoms with Gasteiger partial charge in [0.1, 0.15) is 5.84 Å². The Bertz CT molecular complexity index is 1570. The summed E-state index contributed by atoms with van der Waals surface area (Å²) in [5.41, 5.74) is 10.5. The van der Waals surface area contributed by atoms with E-state index in [2.05, 4.69) is 15.4 Å². The Morgan fingerprint density at radius 1 is 1.04 bits per heavy atom. The Kier molecular flexibility index (Phi) is 12.6. The van der Waals surface area contributed by atoms with Crippen molar-refractivity contribution in [2.75, 3.05) is 36.7 Å². The van der Waals surface area contributed by atoms with E-state index in [-0.39, 0.29) is 35.0 Å². The van der Waals surface area contributed by atoms with E-state index in [1.165, 1.54) is 31.3 Å². The van der Waals surface area contributed by atoms with Crippen LogP contribution in [0.4, 0.5) is 35.9 Å². The lowest BCUT2D eigenvalue weighted by Gasteiger charge is -2.20. The molecule has 45 heavy (non-hydrogen) atoms. The van der Waals surface area contributed by atoms with Crippen LogP contribution in [0.3, 0.4) is 0 Å². The molecule has 0 aliphatic heterocycles. The largest absolute Gasteiger partial charge is 0.477 e. The average Bonchev–Trinajstić information content (AvgIpc) is 3.01. The maximum atomic E-state index is 13.7. The van der Waals surface area contributed by atoms with Gasteiger partial charge in [0, 0.05) is 36.7 Å². The number of nitrogens with zero attached hydrogens (tertiary/aromatic N) is 4. The van der Waals surface area contributed by atoms with Crippen molar-refractivity contribution < 1.29 is 32.3 Å². The molecule has 14 heteroatoms. The van der Waals surface area contributed by atoms with Crippen LogP contribution in [-0.4, -0.2) is 55.7 Å². The van der Waals surface area contributed by atoms with Crippen LogP contribution in [0, 0.1) is 0 Å². The molecule has 3 aromatic carbocycles. The normalized spacial score (nSPS) is 11.6. The van der Waals surface area contributed by atoms with Gasteiger partial charge in [-0.15, -0.1) is 0 Å². The van der Waals surface area contributed by atoms with Crippen molar-refractivity contribution in [1.29, 1.82) is 0 Å². The number of halogens is 3. The number of hydrogen-bond donors (Lipinski definition) is 3. The first-order chi connectivity index (χ1) is 21.2. The maximum absolute atomic E-state index is 13.7. The summed E-state index contributed by atoms with van der Waals surface area (Å²) in [7, 11) is 3.24. The zero-order valence-corrected chi connectivity index (χ0v) is 25.8.